The standard InChI is InChI=1S/C15H23FN2O2.C2H6/c1-2-10-18(12-15(19)20)11-14(4-3-7-16)13-5-8-17-9-6-13;1-2/h2-3,7,11,13,17H,1,4-6,8-10,12H2,(H,19,20);1-2H3/b7-3+,14-11+;. The molecule has 0 unspecified atom stereocenters. The van der Waals surface area contributed by atoms with Crippen LogP contribution >= 0.6 is 0 Å². The van der Waals surface area contributed by atoms with Crippen LogP contribution in [-0.2, 0) is 4.79 Å². The van der Waals surface area contributed by atoms with Gasteiger partial charge in [-0.25, -0.2) is 4.39 Å². The Balaban J connectivity index is 0.00000211. The Morgan fingerprint density at radius 3 is 2.55 bits per heavy atom. The van der Waals surface area contributed by atoms with Crippen LogP contribution in [-0.4, -0.2) is 42.2 Å². The van der Waals surface area contributed by atoms with Crippen molar-refractivity contribution in [3.05, 3.63) is 36.8 Å². The monoisotopic (exact) mass is 312 g/mol. The zero-order valence-electron chi connectivity index (χ0n) is 13.7. The fourth-order valence-corrected chi connectivity index (χ4v) is 2.44. The molecule has 2 N–H and O–H groups in total. The van der Waals surface area contributed by atoms with E-state index in [0.717, 1.165) is 31.5 Å². The van der Waals surface area contributed by atoms with Crippen LogP contribution in [0, 0.1) is 5.92 Å². The van der Waals surface area contributed by atoms with Crippen molar-refractivity contribution in [1.29, 1.82) is 0 Å². The van der Waals surface area contributed by atoms with Crippen LogP contribution in [0.1, 0.15) is 33.1 Å². The maximum atomic E-state index is 12.3. The van der Waals surface area contributed by atoms with Gasteiger partial charge in [0.2, 0.25) is 0 Å². The summed E-state index contributed by atoms with van der Waals surface area (Å²) in [5.41, 5.74) is 1.09. The Labute approximate surface area is 133 Å². The highest BCUT2D eigenvalue weighted by molar-refractivity contribution is 5.69. The quantitative estimate of drug-likeness (QED) is 0.675. The number of nitrogens with one attached hydrogen (secondary N) is 1. The van der Waals surface area contributed by atoms with Crippen LogP contribution in [0.4, 0.5) is 4.39 Å². The molecule has 5 heteroatoms. The molecular weight excluding hydrogens is 283 g/mol. The Kier molecular flexibility index (Phi) is 12.1. The van der Waals surface area contributed by atoms with E-state index in [1.807, 2.05) is 20.0 Å². The molecule has 1 saturated heterocycles. The van der Waals surface area contributed by atoms with E-state index in [1.54, 1.807) is 11.0 Å². The number of carboxylic acid groups (broad SMARTS) is 1. The van der Waals surface area contributed by atoms with Crippen molar-refractivity contribution in [2.45, 2.75) is 33.1 Å². The van der Waals surface area contributed by atoms with Crippen LogP contribution < -0.4 is 5.32 Å². The Morgan fingerprint density at radius 2 is 2.05 bits per heavy atom. The SMILES string of the molecule is C=CCN(/C=C(\C/C=C/F)C1CCNCC1)CC(=O)O.CC. The van der Waals surface area contributed by atoms with Crippen LogP contribution in [0.25, 0.3) is 0 Å². The van der Waals surface area contributed by atoms with E-state index < -0.39 is 5.97 Å². The summed E-state index contributed by atoms with van der Waals surface area (Å²) in [4.78, 5) is 12.6. The molecule has 0 aromatic rings. The molecule has 0 atom stereocenters. The van der Waals surface area contributed by atoms with Gasteiger partial charge >= 0.3 is 5.97 Å². The minimum absolute atomic E-state index is 0.0696. The third kappa shape index (κ3) is 8.62. The van der Waals surface area contributed by atoms with Gasteiger partial charge in [0.15, 0.2) is 0 Å². The van der Waals surface area contributed by atoms with E-state index >= 15 is 0 Å². The second kappa shape index (κ2) is 13.1. The van der Waals surface area contributed by atoms with Gasteiger partial charge in [-0.15, -0.1) is 6.58 Å². The first-order chi connectivity index (χ1) is 10.7. The largest absolute Gasteiger partial charge is 0.480 e. The fourth-order valence-electron chi connectivity index (χ4n) is 2.44. The maximum Gasteiger partial charge on any atom is 0.323 e. The van der Waals surface area contributed by atoms with Crippen molar-refractivity contribution in [2.24, 2.45) is 5.92 Å². The molecule has 1 rings (SSSR count). The Morgan fingerprint density at radius 1 is 1.41 bits per heavy atom. The number of rotatable bonds is 8. The van der Waals surface area contributed by atoms with Crippen molar-refractivity contribution in [3.8, 4) is 0 Å². The summed E-state index contributed by atoms with van der Waals surface area (Å²) in [6.45, 7) is 9.94. The topological polar surface area (TPSA) is 52.6 Å². The summed E-state index contributed by atoms with van der Waals surface area (Å²) in [7, 11) is 0. The lowest BCUT2D eigenvalue weighted by Crippen LogP contribution is -2.30. The molecule has 4 nitrogen and oxygen atoms in total. The number of piperidine rings is 1. The lowest BCUT2D eigenvalue weighted by Gasteiger charge is -2.27. The zero-order valence-corrected chi connectivity index (χ0v) is 13.7. The summed E-state index contributed by atoms with van der Waals surface area (Å²) in [6.07, 6.45) is 8.08. The van der Waals surface area contributed by atoms with E-state index in [0.29, 0.717) is 25.2 Å². The number of halogens is 1. The number of allylic oxidation sites excluding steroid dienone is 2. The number of nitrogens with zero attached hydrogens (tertiary/aromatic N) is 1. The van der Waals surface area contributed by atoms with Crippen molar-refractivity contribution >= 4 is 5.97 Å². The molecule has 1 aliphatic rings. The van der Waals surface area contributed by atoms with Gasteiger partial charge in [-0.3, -0.25) is 4.79 Å². The first kappa shape index (κ1) is 20.4. The highest BCUT2D eigenvalue weighted by atomic mass is 19.1. The van der Waals surface area contributed by atoms with E-state index in [4.69, 9.17) is 5.11 Å². The third-order valence-corrected chi connectivity index (χ3v) is 3.36. The van der Waals surface area contributed by atoms with Crippen molar-refractivity contribution in [2.75, 3.05) is 26.2 Å². The molecule has 0 aromatic carbocycles. The van der Waals surface area contributed by atoms with E-state index in [-0.39, 0.29) is 6.54 Å². The second-order valence-corrected chi connectivity index (χ2v) is 4.91. The smallest absolute Gasteiger partial charge is 0.323 e. The predicted molar refractivity (Wildman–Crippen MR) is 89.3 cm³/mol. The lowest BCUT2D eigenvalue weighted by molar-refractivity contribution is -0.137. The van der Waals surface area contributed by atoms with Gasteiger partial charge in [0, 0.05) is 6.54 Å². The molecule has 0 spiro atoms. The van der Waals surface area contributed by atoms with Gasteiger partial charge in [-0.2, -0.15) is 0 Å². The zero-order chi connectivity index (χ0) is 16.8. The van der Waals surface area contributed by atoms with Crippen LogP contribution in [0.2, 0.25) is 0 Å². The first-order valence-electron chi connectivity index (χ1n) is 7.90. The number of aliphatic carboxylic acids is 1. The van der Waals surface area contributed by atoms with Crippen LogP contribution in [0.15, 0.2) is 36.8 Å². The van der Waals surface area contributed by atoms with E-state index in [1.165, 1.54) is 6.08 Å². The van der Waals surface area contributed by atoms with Gasteiger partial charge in [0.1, 0.15) is 6.54 Å². The number of hydrogen-bond acceptors (Lipinski definition) is 3. The van der Waals surface area contributed by atoms with Crippen molar-refractivity contribution < 1.29 is 14.3 Å². The van der Waals surface area contributed by atoms with E-state index in [2.05, 4.69) is 11.9 Å². The number of hydrogen-bond donors (Lipinski definition) is 2. The third-order valence-electron chi connectivity index (χ3n) is 3.36. The highest BCUT2D eigenvalue weighted by Crippen LogP contribution is 2.25. The molecule has 126 valence electrons. The summed E-state index contributed by atoms with van der Waals surface area (Å²) >= 11 is 0. The normalized spacial score (nSPS) is 16.0. The lowest BCUT2D eigenvalue weighted by atomic mass is 9.88. The molecular formula is C17H29FN2O2. The van der Waals surface area contributed by atoms with E-state index in [9.17, 15) is 9.18 Å². The molecule has 0 saturated carbocycles. The molecule has 1 heterocycles. The predicted octanol–water partition coefficient (Wildman–Crippen LogP) is 3.34. The fraction of sp³-hybridized carbons (Fsp3) is 0.588. The molecule has 1 aliphatic heterocycles. The second-order valence-electron chi connectivity index (χ2n) is 4.91. The van der Waals surface area contributed by atoms with Gasteiger partial charge in [-0.1, -0.05) is 26.0 Å². The average Bonchev–Trinajstić information content (AvgIpc) is 2.53. The summed E-state index contributed by atoms with van der Waals surface area (Å²) in [5, 5.41) is 12.2. The minimum Gasteiger partial charge on any atom is -0.480 e. The van der Waals surface area contributed by atoms with Gasteiger partial charge in [0.25, 0.3) is 0 Å². The molecule has 1 fully saturated rings. The minimum atomic E-state index is -0.881. The maximum absolute atomic E-state index is 12.3. The van der Waals surface area contributed by atoms with Gasteiger partial charge in [-0.05, 0) is 50.0 Å². The number of carboxylic acids is 1. The first-order valence-corrected chi connectivity index (χ1v) is 7.90. The van der Waals surface area contributed by atoms with Crippen molar-refractivity contribution in [3.63, 3.8) is 0 Å². The Hall–Kier alpha value is -1.62. The highest BCUT2D eigenvalue weighted by Gasteiger charge is 2.18. The molecule has 0 aliphatic carbocycles. The molecule has 0 bridgehead atoms. The van der Waals surface area contributed by atoms with Crippen molar-refractivity contribution in [1.82, 2.24) is 10.2 Å². The molecule has 0 aromatic heterocycles. The molecule has 0 radical (unpaired) electrons. The Bertz CT molecular complexity index is 375. The average molecular weight is 312 g/mol. The number of carbonyl (C=O) groups is 1. The summed E-state index contributed by atoms with van der Waals surface area (Å²) in [5.74, 6) is -0.498. The van der Waals surface area contributed by atoms with Crippen LogP contribution in [0.5, 0.6) is 0 Å². The summed E-state index contributed by atoms with van der Waals surface area (Å²) in [6, 6.07) is 0. The molecule has 0 amide bonds. The van der Waals surface area contributed by atoms with Gasteiger partial charge < -0.3 is 15.3 Å². The molecule has 22 heavy (non-hydrogen) atoms. The summed E-state index contributed by atoms with van der Waals surface area (Å²) < 4.78 is 12.3. The van der Waals surface area contributed by atoms with Crippen LogP contribution in [0.3, 0.4) is 0 Å². The van der Waals surface area contributed by atoms with Gasteiger partial charge in [0.05, 0.1) is 6.33 Å².